The first-order valence-corrected chi connectivity index (χ1v) is 2.31. The molecule has 0 aliphatic carbocycles. The summed E-state index contributed by atoms with van der Waals surface area (Å²) in [6, 6.07) is 0. The van der Waals surface area contributed by atoms with Crippen LogP contribution in [-0.2, 0) is 21.1 Å². The van der Waals surface area contributed by atoms with E-state index in [2.05, 4.69) is 0 Å². The second kappa shape index (κ2) is 29.9. The van der Waals surface area contributed by atoms with Crippen LogP contribution in [0.15, 0.2) is 0 Å². The van der Waals surface area contributed by atoms with Gasteiger partial charge in [0.25, 0.3) is 0 Å². The van der Waals surface area contributed by atoms with Gasteiger partial charge in [0.05, 0.1) is 0 Å². The Morgan fingerprint density at radius 2 is 0.714 bits per heavy atom. The van der Waals surface area contributed by atoms with Crippen molar-refractivity contribution in [2.75, 3.05) is 0 Å². The molecule has 0 heterocycles. The van der Waals surface area contributed by atoms with Crippen LogP contribution in [0.25, 0.3) is 0 Å². The Morgan fingerprint density at radius 1 is 0.714 bits per heavy atom. The van der Waals surface area contributed by atoms with E-state index in [1.165, 1.54) is 0 Å². The van der Waals surface area contributed by atoms with Crippen LogP contribution in [0, 0.1) is 12.8 Å². The van der Waals surface area contributed by atoms with Crippen molar-refractivity contribution in [3.8, 4) is 0 Å². The molecule has 0 bridgehead atoms. The predicted molar refractivity (Wildman–Crippen MR) is 31.3 cm³/mol. The molecule has 44 valence electrons. The molecular weight excluding hydrogens is 256 g/mol. The molecule has 0 saturated heterocycles. The van der Waals surface area contributed by atoms with E-state index in [9.17, 15) is 0 Å². The summed E-state index contributed by atoms with van der Waals surface area (Å²) < 4.78 is 0. The second-order valence-corrected chi connectivity index (χ2v) is 1.15. The van der Waals surface area contributed by atoms with Gasteiger partial charge in [-0.15, -0.1) is 0 Å². The van der Waals surface area contributed by atoms with E-state index in [1.807, 2.05) is 40.5 Å². The maximum atomic E-state index is 2.00. The number of hydrogen-bond acceptors (Lipinski definition) is 0. The van der Waals surface area contributed by atoms with Gasteiger partial charge in [0.15, 0.2) is 0 Å². The minimum absolute atomic E-state index is 0. The van der Waals surface area contributed by atoms with E-state index in [1.54, 1.807) is 0 Å². The number of rotatable bonds is 0. The van der Waals surface area contributed by atoms with E-state index in [4.69, 9.17) is 0 Å². The van der Waals surface area contributed by atoms with Gasteiger partial charge in [0.2, 0.25) is 0 Å². The maximum Gasteiger partial charge on any atom is 2.00 e. The van der Waals surface area contributed by atoms with Gasteiger partial charge in [0, 0.05) is 0 Å². The van der Waals surface area contributed by atoms with Crippen LogP contribution in [0.1, 0.15) is 27.7 Å². The van der Waals surface area contributed by atoms with Gasteiger partial charge in [-0.05, 0) is 0 Å². The smallest absolute Gasteiger partial charge is 0.335 e. The molecule has 0 radical (unpaired) electrons. The van der Waals surface area contributed by atoms with E-state index in [0.717, 1.165) is 0 Å². The maximum absolute atomic E-state index is 2.00. The molecule has 0 spiro atoms. The van der Waals surface area contributed by atoms with Crippen LogP contribution in [0.4, 0.5) is 0 Å². The fourth-order valence-corrected chi connectivity index (χ4v) is 0. The Hall–Kier alpha value is 0.688. The van der Waals surface area contributed by atoms with Crippen molar-refractivity contribution in [2.45, 2.75) is 27.7 Å². The molecule has 0 fully saturated rings. The summed E-state index contributed by atoms with van der Waals surface area (Å²) in [6.45, 7) is 8.00. The SMILES string of the molecule is C[CH-]C.C[CH-]C.[W+2]. The minimum atomic E-state index is 0. The summed E-state index contributed by atoms with van der Waals surface area (Å²) in [4.78, 5) is 0. The van der Waals surface area contributed by atoms with Crippen LogP contribution < -0.4 is 0 Å². The van der Waals surface area contributed by atoms with Crippen molar-refractivity contribution < 1.29 is 21.1 Å². The molecule has 7 heavy (non-hydrogen) atoms. The van der Waals surface area contributed by atoms with Crippen LogP contribution in [0.3, 0.4) is 0 Å². The molecule has 0 atom stereocenters. The Labute approximate surface area is 62.0 Å². The van der Waals surface area contributed by atoms with Gasteiger partial charge < -0.3 is 12.8 Å². The van der Waals surface area contributed by atoms with Crippen molar-refractivity contribution in [3.05, 3.63) is 12.8 Å². The van der Waals surface area contributed by atoms with Gasteiger partial charge in [-0.1, -0.05) is 0 Å². The normalized spacial score (nSPS) is 5.14. The Balaban J connectivity index is -0.0000000400. The molecule has 0 aliphatic heterocycles. The topological polar surface area (TPSA) is 0 Å². The third-order valence-corrected chi connectivity index (χ3v) is 0. The molecule has 0 saturated carbocycles. The zero-order valence-corrected chi connectivity index (χ0v) is 8.50. The first kappa shape index (κ1) is 15.6. The molecule has 0 aromatic carbocycles. The zero-order valence-electron chi connectivity index (χ0n) is 5.56. The first-order chi connectivity index (χ1) is 2.83. The Kier molecular flexibility index (Phi) is 66.9. The van der Waals surface area contributed by atoms with Crippen LogP contribution in [-0.4, -0.2) is 0 Å². The van der Waals surface area contributed by atoms with Gasteiger partial charge in [-0.3, -0.25) is 0 Å². The molecule has 0 rings (SSSR count). The molecule has 1 heteroatoms. The second-order valence-electron chi connectivity index (χ2n) is 1.15. The van der Waals surface area contributed by atoms with Gasteiger partial charge in [0.1, 0.15) is 0 Å². The Morgan fingerprint density at radius 3 is 0.714 bits per heavy atom. The van der Waals surface area contributed by atoms with Crippen LogP contribution in [0.5, 0.6) is 0 Å². The molecule has 0 unspecified atom stereocenters. The summed E-state index contributed by atoms with van der Waals surface area (Å²) >= 11 is 0. The van der Waals surface area contributed by atoms with Gasteiger partial charge in [-0.25, -0.2) is 0 Å². The summed E-state index contributed by atoms with van der Waals surface area (Å²) in [7, 11) is 0. The van der Waals surface area contributed by atoms with E-state index >= 15 is 0 Å². The zero-order chi connectivity index (χ0) is 5.41. The monoisotopic (exact) mass is 270 g/mol. The van der Waals surface area contributed by atoms with Crippen molar-refractivity contribution in [3.63, 3.8) is 0 Å². The predicted octanol–water partition coefficient (Wildman–Crippen LogP) is 2.46. The van der Waals surface area contributed by atoms with Gasteiger partial charge >= 0.3 is 21.1 Å². The molecule has 0 aromatic rings. The van der Waals surface area contributed by atoms with E-state index in [-0.39, 0.29) is 21.1 Å². The van der Waals surface area contributed by atoms with Gasteiger partial charge in [-0.2, -0.15) is 27.7 Å². The molecule has 0 nitrogen and oxygen atoms in total. The van der Waals surface area contributed by atoms with Crippen molar-refractivity contribution in [1.82, 2.24) is 0 Å². The summed E-state index contributed by atoms with van der Waals surface area (Å²) in [5.74, 6) is 0. The average molecular weight is 270 g/mol. The molecule has 0 N–H and O–H groups in total. The summed E-state index contributed by atoms with van der Waals surface area (Å²) in [5.41, 5.74) is 0. The largest absolute Gasteiger partial charge is 2.00 e. The summed E-state index contributed by atoms with van der Waals surface area (Å²) in [6.07, 6.45) is 4.00. The third kappa shape index (κ3) is 310. The van der Waals surface area contributed by atoms with Crippen LogP contribution >= 0.6 is 0 Å². The average Bonchev–Trinajstić information content (AvgIpc) is 1.39. The van der Waals surface area contributed by atoms with Crippen molar-refractivity contribution in [1.29, 1.82) is 0 Å². The van der Waals surface area contributed by atoms with Crippen molar-refractivity contribution in [2.24, 2.45) is 0 Å². The molecule has 0 aromatic heterocycles. The van der Waals surface area contributed by atoms with Crippen molar-refractivity contribution >= 4 is 0 Å². The number of hydrogen-bond donors (Lipinski definition) is 0. The third-order valence-electron chi connectivity index (χ3n) is 0. The quantitative estimate of drug-likeness (QED) is 0.593. The van der Waals surface area contributed by atoms with E-state index in [0.29, 0.717) is 0 Å². The standard InChI is InChI=1S/2C3H7.W/c2*1-3-2;/h2*3H,1-2H3;/q2*-1;+2. The van der Waals surface area contributed by atoms with Crippen LogP contribution in [0.2, 0.25) is 0 Å². The molecule has 0 amide bonds. The van der Waals surface area contributed by atoms with E-state index < -0.39 is 0 Å². The molecular formula is C6H14W. The molecule has 0 aliphatic rings. The fraction of sp³-hybridized carbons (Fsp3) is 0.667. The minimum Gasteiger partial charge on any atom is -0.335 e. The Bertz CT molecular complexity index is 6.14. The fourth-order valence-electron chi connectivity index (χ4n) is 0. The first-order valence-electron chi connectivity index (χ1n) is 2.31. The summed E-state index contributed by atoms with van der Waals surface area (Å²) in [5, 5.41) is 0.